The predicted molar refractivity (Wildman–Crippen MR) is 50.4 cm³/mol. The molecule has 0 amide bonds. The first-order chi connectivity index (χ1) is 7.15. The van der Waals surface area contributed by atoms with E-state index in [0.717, 1.165) is 0 Å². The van der Waals surface area contributed by atoms with Gasteiger partial charge < -0.3 is 29.2 Å². The second-order valence-electron chi connectivity index (χ2n) is 3.41. The van der Waals surface area contributed by atoms with Crippen LogP contribution in [0.2, 0.25) is 0 Å². The summed E-state index contributed by atoms with van der Waals surface area (Å²) >= 11 is 0. The molecule has 5 atom stereocenters. The second kappa shape index (κ2) is 5.74. The lowest BCUT2D eigenvalue weighted by Gasteiger charge is -2.41. The highest BCUT2D eigenvalue weighted by atomic mass is 16.7. The number of hydrogen-bond donors (Lipinski definition) is 2. The van der Waals surface area contributed by atoms with Crippen LogP contribution in [0.15, 0.2) is 0 Å². The summed E-state index contributed by atoms with van der Waals surface area (Å²) in [6, 6.07) is 0. The Morgan fingerprint density at radius 3 is 2.13 bits per heavy atom. The Bertz CT molecular complexity index is 187. The van der Waals surface area contributed by atoms with E-state index >= 15 is 0 Å². The molecule has 1 heterocycles. The smallest absolute Gasteiger partial charge is 0.184 e. The SMILES string of the molecule is COC[C@@H]1OC(O)[C@@H](OC)[C@@H](OC)[C@H]1O. The lowest BCUT2D eigenvalue weighted by atomic mass is 9.99. The van der Waals surface area contributed by atoms with Crippen molar-refractivity contribution in [3.63, 3.8) is 0 Å². The molecule has 1 rings (SSSR count). The summed E-state index contributed by atoms with van der Waals surface area (Å²) in [7, 11) is 4.36. The molecule has 1 aliphatic heterocycles. The van der Waals surface area contributed by atoms with E-state index in [1.807, 2.05) is 0 Å². The van der Waals surface area contributed by atoms with E-state index in [0.29, 0.717) is 0 Å². The van der Waals surface area contributed by atoms with Crippen LogP contribution in [-0.2, 0) is 18.9 Å². The van der Waals surface area contributed by atoms with Crippen LogP contribution in [0.4, 0.5) is 0 Å². The number of rotatable bonds is 4. The number of methoxy groups -OCH3 is 3. The quantitative estimate of drug-likeness (QED) is 0.618. The summed E-state index contributed by atoms with van der Waals surface area (Å²) < 4.78 is 20.1. The highest BCUT2D eigenvalue weighted by Gasteiger charge is 2.45. The molecule has 0 aromatic carbocycles. The fourth-order valence-corrected chi connectivity index (χ4v) is 1.73. The maximum absolute atomic E-state index is 9.86. The molecule has 1 fully saturated rings. The maximum atomic E-state index is 9.86. The van der Waals surface area contributed by atoms with Crippen LogP contribution in [0.5, 0.6) is 0 Å². The molecule has 6 heteroatoms. The highest BCUT2D eigenvalue weighted by molar-refractivity contribution is 4.90. The summed E-state index contributed by atoms with van der Waals surface area (Å²) in [4.78, 5) is 0. The van der Waals surface area contributed by atoms with Crippen molar-refractivity contribution in [2.45, 2.75) is 30.7 Å². The van der Waals surface area contributed by atoms with Crippen LogP contribution >= 0.6 is 0 Å². The molecule has 0 aromatic rings. The van der Waals surface area contributed by atoms with Crippen LogP contribution < -0.4 is 0 Å². The van der Waals surface area contributed by atoms with Crippen molar-refractivity contribution in [2.75, 3.05) is 27.9 Å². The topological polar surface area (TPSA) is 77.4 Å². The summed E-state index contributed by atoms with van der Waals surface area (Å²) in [5.74, 6) is 0. The van der Waals surface area contributed by atoms with Gasteiger partial charge in [0.2, 0.25) is 0 Å². The van der Waals surface area contributed by atoms with E-state index in [2.05, 4.69) is 0 Å². The minimum absolute atomic E-state index is 0.189. The zero-order valence-corrected chi connectivity index (χ0v) is 9.12. The van der Waals surface area contributed by atoms with Gasteiger partial charge in [0.25, 0.3) is 0 Å². The van der Waals surface area contributed by atoms with Crippen molar-refractivity contribution in [1.29, 1.82) is 0 Å². The van der Waals surface area contributed by atoms with Gasteiger partial charge in [0, 0.05) is 21.3 Å². The Morgan fingerprint density at radius 2 is 1.67 bits per heavy atom. The van der Waals surface area contributed by atoms with Gasteiger partial charge in [-0.3, -0.25) is 0 Å². The van der Waals surface area contributed by atoms with E-state index in [4.69, 9.17) is 18.9 Å². The molecule has 0 saturated carbocycles. The number of aliphatic hydroxyl groups is 2. The minimum Gasteiger partial charge on any atom is -0.387 e. The molecule has 0 spiro atoms. The average molecular weight is 222 g/mol. The first kappa shape index (κ1) is 12.8. The van der Waals surface area contributed by atoms with Gasteiger partial charge in [0.1, 0.15) is 24.4 Å². The third kappa shape index (κ3) is 2.66. The molecule has 1 saturated heterocycles. The monoisotopic (exact) mass is 222 g/mol. The van der Waals surface area contributed by atoms with Gasteiger partial charge in [-0.2, -0.15) is 0 Å². The molecule has 1 aliphatic rings. The standard InChI is InChI=1S/C9H18O6/c1-12-4-5-6(10)7(13-2)8(14-3)9(11)15-5/h5-11H,4H2,1-3H3/t5-,6-,7-,8-,9?/m0/s1. The Balaban J connectivity index is 2.70. The molecule has 1 unspecified atom stereocenters. The molecule has 15 heavy (non-hydrogen) atoms. The van der Waals surface area contributed by atoms with E-state index in [-0.39, 0.29) is 6.61 Å². The summed E-state index contributed by atoms with van der Waals surface area (Å²) in [6.45, 7) is 0.189. The number of hydrogen-bond acceptors (Lipinski definition) is 6. The van der Waals surface area contributed by atoms with Crippen molar-refractivity contribution >= 4 is 0 Å². The highest BCUT2D eigenvalue weighted by Crippen LogP contribution is 2.23. The molecule has 2 N–H and O–H groups in total. The molecule has 6 nitrogen and oxygen atoms in total. The molecular formula is C9H18O6. The predicted octanol–water partition coefficient (Wildman–Crippen LogP) is -1.26. The average Bonchev–Trinajstić information content (AvgIpc) is 2.22. The lowest BCUT2D eigenvalue weighted by Crippen LogP contribution is -2.59. The van der Waals surface area contributed by atoms with E-state index in [9.17, 15) is 10.2 Å². The van der Waals surface area contributed by atoms with Gasteiger partial charge in [0.15, 0.2) is 6.29 Å². The molecule has 90 valence electrons. The van der Waals surface area contributed by atoms with Crippen LogP contribution in [0.1, 0.15) is 0 Å². The maximum Gasteiger partial charge on any atom is 0.184 e. The molecule has 0 radical (unpaired) electrons. The Hall–Kier alpha value is -0.240. The zero-order chi connectivity index (χ0) is 11.4. The fourth-order valence-electron chi connectivity index (χ4n) is 1.73. The van der Waals surface area contributed by atoms with Gasteiger partial charge in [-0.1, -0.05) is 0 Å². The Kier molecular flexibility index (Phi) is 4.91. The van der Waals surface area contributed by atoms with Crippen molar-refractivity contribution < 1.29 is 29.2 Å². The van der Waals surface area contributed by atoms with E-state index in [1.165, 1.54) is 21.3 Å². The van der Waals surface area contributed by atoms with Crippen molar-refractivity contribution in [3.05, 3.63) is 0 Å². The second-order valence-corrected chi connectivity index (χ2v) is 3.41. The molecule has 0 aliphatic carbocycles. The van der Waals surface area contributed by atoms with Gasteiger partial charge in [-0.25, -0.2) is 0 Å². The summed E-state index contributed by atoms with van der Waals surface area (Å²) in [5, 5.41) is 19.4. The van der Waals surface area contributed by atoms with Gasteiger partial charge in [0.05, 0.1) is 6.61 Å². The zero-order valence-electron chi connectivity index (χ0n) is 9.12. The molecular weight excluding hydrogens is 204 g/mol. The van der Waals surface area contributed by atoms with Crippen LogP contribution in [0, 0.1) is 0 Å². The lowest BCUT2D eigenvalue weighted by molar-refractivity contribution is -0.296. The molecule has 0 bridgehead atoms. The largest absolute Gasteiger partial charge is 0.387 e. The van der Waals surface area contributed by atoms with Gasteiger partial charge in [-0.05, 0) is 0 Å². The molecule has 0 aromatic heterocycles. The first-order valence-electron chi connectivity index (χ1n) is 4.71. The van der Waals surface area contributed by atoms with E-state index in [1.54, 1.807) is 0 Å². The fraction of sp³-hybridized carbons (Fsp3) is 1.00. The van der Waals surface area contributed by atoms with Crippen molar-refractivity contribution in [3.8, 4) is 0 Å². The number of ether oxygens (including phenoxy) is 4. The first-order valence-corrected chi connectivity index (χ1v) is 4.71. The van der Waals surface area contributed by atoms with Gasteiger partial charge in [-0.15, -0.1) is 0 Å². The van der Waals surface area contributed by atoms with Crippen LogP contribution in [0.3, 0.4) is 0 Å². The summed E-state index contributed by atoms with van der Waals surface area (Å²) in [6.07, 6.45) is -3.94. The van der Waals surface area contributed by atoms with Crippen molar-refractivity contribution in [1.82, 2.24) is 0 Å². The third-order valence-corrected chi connectivity index (χ3v) is 2.51. The number of aliphatic hydroxyl groups excluding tert-OH is 2. The van der Waals surface area contributed by atoms with Gasteiger partial charge >= 0.3 is 0 Å². The normalized spacial score (nSPS) is 41.8. The minimum atomic E-state index is -1.12. The summed E-state index contributed by atoms with van der Waals surface area (Å²) in [5.41, 5.74) is 0. The Labute approximate surface area is 88.7 Å². The third-order valence-electron chi connectivity index (χ3n) is 2.51. The van der Waals surface area contributed by atoms with Crippen LogP contribution in [0.25, 0.3) is 0 Å². The van der Waals surface area contributed by atoms with Crippen molar-refractivity contribution in [2.24, 2.45) is 0 Å². The van der Waals surface area contributed by atoms with Crippen LogP contribution in [-0.4, -0.2) is 68.9 Å². The Morgan fingerprint density at radius 1 is 1.07 bits per heavy atom. The van der Waals surface area contributed by atoms with E-state index < -0.39 is 30.7 Å².